The number of aromatic nitrogens is 2. The number of hydrogen-bond donors (Lipinski definition) is 1. The second kappa shape index (κ2) is 5.16. The summed E-state index contributed by atoms with van der Waals surface area (Å²) in [6, 6.07) is 9.91. The summed E-state index contributed by atoms with van der Waals surface area (Å²) in [5, 5.41) is 7.83. The molecule has 0 saturated carbocycles. The lowest BCUT2D eigenvalue weighted by atomic mass is 9.94. The number of aliphatic imine (C=N–C) groups is 1. The molecule has 0 aliphatic rings. The summed E-state index contributed by atoms with van der Waals surface area (Å²) >= 11 is 0. The van der Waals surface area contributed by atoms with Crippen LogP contribution >= 0.6 is 0 Å². The molecule has 98 valence electrons. The largest absolute Gasteiger partial charge is 0.417 e. The molecule has 0 radical (unpaired) electrons. The third-order valence-electron chi connectivity index (χ3n) is 2.77. The molecule has 1 aromatic carbocycles. The van der Waals surface area contributed by atoms with Gasteiger partial charge in [-0.1, -0.05) is 36.9 Å². The monoisotopic (exact) mass is 256 g/mol. The van der Waals surface area contributed by atoms with Gasteiger partial charge in [0.15, 0.2) is 0 Å². The second-order valence-corrected chi connectivity index (χ2v) is 4.60. The molecule has 1 atom stereocenters. The first kappa shape index (κ1) is 13.2. The molecule has 0 saturated heterocycles. The molecule has 0 bridgehead atoms. The Morgan fingerprint density at radius 1 is 1.37 bits per heavy atom. The zero-order valence-corrected chi connectivity index (χ0v) is 10.8. The maximum atomic E-state index is 6.25. The van der Waals surface area contributed by atoms with Crippen molar-refractivity contribution in [2.45, 2.75) is 18.9 Å². The van der Waals surface area contributed by atoms with Crippen LogP contribution in [0.5, 0.6) is 0 Å². The van der Waals surface area contributed by atoms with Gasteiger partial charge in [-0.3, -0.25) is 4.99 Å². The van der Waals surface area contributed by atoms with Crippen molar-refractivity contribution in [3.63, 3.8) is 0 Å². The zero-order valence-electron chi connectivity index (χ0n) is 10.8. The van der Waals surface area contributed by atoms with E-state index in [-0.39, 0.29) is 5.89 Å². The first-order chi connectivity index (χ1) is 9.03. The molecule has 1 unspecified atom stereocenters. The van der Waals surface area contributed by atoms with E-state index in [1.165, 1.54) is 0 Å². The Labute approximate surface area is 111 Å². The third-order valence-corrected chi connectivity index (χ3v) is 2.77. The van der Waals surface area contributed by atoms with Gasteiger partial charge in [0.1, 0.15) is 5.70 Å². The Kier molecular flexibility index (Phi) is 3.57. The van der Waals surface area contributed by atoms with Crippen LogP contribution in [-0.4, -0.2) is 16.9 Å². The molecule has 1 heterocycles. The molecule has 5 heteroatoms. The van der Waals surface area contributed by atoms with E-state index in [2.05, 4.69) is 28.5 Å². The van der Waals surface area contributed by atoms with Crippen molar-refractivity contribution in [2.24, 2.45) is 10.7 Å². The Balaban J connectivity index is 2.22. The topological polar surface area (TPSA) is 77.3 Å². The van der Waals surface area contributed by atoms with Crippen molar-refractivity contribution in [1.82, 2.24) is 10.2 Å². The van der Waals surface area contributed by atoms with E-state index >= 15 is 0 Å². The average Bonchev–Trinajstić information content (AvgIpc) is 2.89. The van der Waals surface area contributed by atoms with E-state index in [4.69, 9.17) is 10.2 Å². The van der Waals surface area contributed by atoms with Crippen LogP contribution in [0.4, 0.5) is 0 Å². The first-order valence-electron chi connectivity index (χ1n) is 5.86. The molecule has 0 aliphatic heterocycles. The molecular weight excluding hydrogens is 240 g/mol. The summed E-state index contributed by atoms with van der Waals surface area (Å²) in [7, 11) is 0. The van der Waals surface area contributed by atoms with Crippen molar-refractivity contribution < 1.29 is 4.42 Å². The molecule has 0 amide bonds. The van der Waals surface area contributed by atoms with Crippen molar-refractivity contribution >= 4 is 12.4 Å². The molecule has 0 aliphatic carbocycles. The predicted octanol–water partition coefficient (Wildman–Crippen LogP) is 2.16. The quantitative estimate of drug-likeness (QED) is 0.831. The van der Waals surface area contributed by atoms with Gasteiger partial charge in [-0.25, -0.2) is 0 Å². The van der Waals surface area contributed by atoms with E-state index in [1.807, 2.05) is 37.3 Å². The van der Waals surface area contributed by atoms with Crippen molar-refractivity contribution in [3.8, 4) is 0 Å². The molecule has 5 nitrogen and oxygen atoms in total. The van der Waals surface area contributed by atoms with E-state index < -0.39 is 5.54 Å². The van der Waals surface area contributed by atoms with Crippen LogP contribution in [0.1, 0.15) is 24.3 Å². The van der Waals surface area contributed by atoms with E-state index in [0.717, 1.165) is 5.56 Å². The standard InChI is InChI=1S/C14H16N4O/c1-10(16-3)12-17-18-13(19-12)14(2,15)9-11-7-5-4-6-8-11/h4-8H,1,3,9,15H2,2H3. The molecule has 1 aromatic heterocycles. The fraction of sp³-hybridized carbons (Fsp3) is 0.214. The Hall–Kier alpha value is -2.27. The van der Waals surface area contributed by atoms with Gasteiger partial charge in [0, 0.05) is 0 Å². The number of benzene rings is 1. The maximum Gasteiger partial charge on any atom is 0.265 e. The fourth-order valence-electron chi connectivity index (χ4n) is 1.73. The molecule has 2 N–H and O–H groups in total. The third kappa shape index (κ3) is 2.95. The number of nitrogens with zero attached hydrogens (tertiary/aromatic N) is 3. The van der Waals surface area contributed by atoms with Crippen LogP contribution in [0.15, 0.2) is 46.3 Å². The van der Waals surface area contributed by atoms with Gasteiger partial charge >= 0.3 is 0 Å². The smallest absolute Gasteiger partial charge is 0.265 e. The van der Waals surface area contributed by atoms with Gasteiger partial charge in [0.05, 0.1) is 5.54 Å². The van der Waals surface area contributed by atoms with E-state index in [1.54, 1.807) is 0 Å². The highest BCUT2D eigenvalue weighted by Crippen LogP contribution is 2.23. The van der Waals surface area contributed by atoms with Gasteiger partial charge in [-0.05, 0) is 25.6 Å². The highest BCUT2D eigenvalue weighted by atomic mass is 16.4. The van der Waals surface area contributed by atoms with Gasteiger partial charge in [-0.2, -0.15) is 0 Å². The summed E-state index contributed by atoms with van der Waals surface area (Å²) in [4.78, 5) is 3.66. The summed E-state index contributed by atoms with van der Waals surface area (Å²) in [6.45, 7) is 8.87. The van der Waals surface area contributed by atoms with Crippen LogP contribution in [0.2, 0.25) is 0 Å². The van der Waals surface area contributed by atoms with E-state index in [9.17, 15) is 0 Å². The summed E-state index contributed by atoms with van der Waals surface area (Å²) < 4.78 is 5.49. The number of hydrogen-bond acceptors (Lipinski definition) is 5. The maximum absolute atomic E-state index is 6.25. The van der Waals surface area contributed by atoms with Crippen LogP contribution in [0.3, 0.4) is 0 Å². The summed E-state index contributed by atoms with van der Waals surface area (Å²) in [5.41, 5.74) is 6.96. The van der Waals surface area contributed by atoms with Crippen LogP contribution < -0.4 is 5.73 Å². The lowest BCUT2D eigenvalue weighted by molar-refractivity contribution is 0.347. The average molecular weight is 256 g/mol. The van der Waals surface area contributed by atoms with Gasteiger partial charge < -0.3 is 10.2 Å². The summed E-state index contributed by atoms with van der Waals surface area (Å²) in [6.07, 6.45) is 0.601. The zero-order chi connectivity index (χ0) is 13.9. The molecule has 2 aromatic rings. The van der Waals surface area contributed by atoms with Crippen LogP contribution in [-0.2, 0) is 12.0 Å². The van der Waals surface area contributed by atoms with Crippen molar-refractivity contribution in [1.29, 1.82) is 0 Å². The Bertz CT molecular complexity index is 587. The van der Waals surface area contributed by atoms with Gasteiger partial charge in [0.2, 0.25) is 5.89 Å². The van der Waals surface area contributed by atoms with E-state index in [0.29, 0.717) is 18.0 Å². The second-order valence-electron chi connectivity index (χ2n) is 4.60. The lowest BCUT2D eigenvalue weighted by Crippen LogP contribution is -2.35. The first-order valence-corrected chi connectivity index (χ1v) is 5.86. The Morgan fingerprint density at radius 2 is 2.05 bits per heavy atom. The highest BCUT2D eigenvalue weighted by molar-refractivity contribution is 5.58. The minimum atomic E-state index is -0.742. The molecular formula is C14H16N4O. The normalized spacial score (nSPS) is 13.8. The minimum absolute atomic E-state index is 0.245. The predicted molar refractivity (Wildman–Crippen MR) is 74.6 cm³/mol. The van der Waals surface area contributed by atoms with Crippen LogP contribution in [0, 0.1) is 0 Å². The number of nitrogens with two attached hydrogens (primary N) is 1. The fourth-order valence-corrected chi connectivity index (χ4v) is 1.73. The lowest BCUT2D eigenvalue weighted by Gasteiger charge is -2.19. The molecule has 2 rings (SSSR count). The molecule has 0 fully saturated rings. The molecule has 0 spiro atoms. The Morgan fingerprint density at radius 3 is 2.68 bits per heavy atom. The minimum Gasteiger partial charge on any atom is -0.417 e. The van der Waals surface area contributed by atoms with Gasteiger partial charge in [-0.15, -0.1) is 10.2 Å². The van der Waals surface area contributed by atoms with Gasteiger partial charge in [0.25, 0.3) is 5.89 Å². The SMILES string of the molecule is C=NC(=C)c1nnc(C(C)(N)Cc2ccccc2)o1. The number of rotatable bonds is 5. The van der Waals surface area contributed by atoms with Crippen molar-refractivity contribution in [2.75, 3.05) is 0 Å². The molecule has 19 heavy (non-hydrogen) atoms. The highest BCUT2D eigenvalue weighted by Gasteiger charge is 2.28. The van der Waals surface area contributed by atoms with Crippen molar-refractivity contribution in [3.05, 3.63) is 54.3 Å². The van der Waals surface area contributed by atoms with Crippen LogP contribution in [0.25, 0.3) is 5.70 Å². The summed E-state index contributed by atoms with van der Waals surface area (Å²) in [5.74, 6) is 0.603.